The van der Waals surface area contributed by atoms with E-state index >= 15 is 0 Å². The molecule has 0 spiro atoms. The Bertz CT molecular complexity index is 308. The second-order valence-electron chi connectivity index (χ2n) is 6.79. The summed E-state index contributed by atoms with van der Waals surface area (Å²) in [5, 5.41) is 0. The fourth-order valence-corrected chi connectivity index (χ4v) is 2.75. The van der Waals surface area contributed by atoms with Crippen molar-refractivity contribution in [3.63, 3.8) is 0 Å². The minimum atomic E-state index is -0.281. The van der Waals surface area contributed by atoms with Crippen LogP contribution in [0.25, 0.3) is 0 Å². The van der Waals surface area contributed by atoms with Crippen LogP contribution in [0.1, 0.15) is 73.6 Å². The fraction of sp³-hybridized carbons (Fsp3) is 0.889. The fourth-order valence-electron chi connectivity index (χ4n) is 2.75. The Hall–Kier alpha value is -0.860. The lowest BCUT2D eigenvalue weighted by Crippen LogP contribution is -2.33. The first-order chi connectivity index (χ1) is 9.83. The van der Waals surface area contributed by atoms with Crippen LogP contribution in [0.15, 0.2) is 0 Å². The van der Waals surface area contributed by atoms with Gasteiger partial charge in [0.05, 0.1) is 12.5 Å². The average molecular weight is 298 g/mol. The minimum absolute atomic E-state index is 0.182. The van der Waals surface area contributed by atoms with Gasteiger partial charge in [-0.05, 0) is 38.0 Å². The van der Waals surface area contributed by atoms with Gasteiger partial charge in [0.15, 0.2) is 0 Å². The standard InChI is InChI=1S/C18H34O3/c1-7-9-10-17(19)15(11-13(3)4)16(12-14(5)6)18(20)21-8-2/h13-16H,7-12H2,1-6H3. The van der Waals surface area contributed by atoms with Crippen LogP contribution in [-0.4, -0.2) is 18.4 Å². The Labute approximate surface area is 130 Å². The van der Waals surface area contributed by atoms with E-state index in [0.29, 0.717) is 24.9 Å². The third kappa shape index (κ3) is 8.23. The zero-order chi connectivity index (χ0) is 16.4. The molecule has 0 heterocycles. The van der Waals surface area contributed by atoms with E-state index in [1.807, 2.05) is 6.92 Å². The summed E-state index contributed by atoms with van der Waals surface area (Å²) in [6.07, 6.45) is 4.01. The normalized spacial score (nSPS) is 14.3. The molecule has 0 amide bonds. The van der Waals surface area contributed by atoms with E-state index in [2.05, 4.69) is 34.6 Å². The molecular formula is C18H34O3. The highest BCUT2D eigenvalue weighted by Crippen LogP contribution is 2.30. The molecule has 0 aromatic carbocycles. The molecule has 0 aliphatic heterocycles. The van der Waals surface area contributed by atoms with Gasteiger partial charge in [-0.15, -0.1) is 0 Å². The lowest BCUT2D eigenvalue weighted by Gasteiger charge is -2.27. The van der Waals surface area contributed by atoms with Crippen LogP contribution in [0.5, 0.6) is 0 Å². The van der Waals surface area contributed by atoms with Crippen molar-refractivity contribution in [2.24, 2.45) is 23.7 Å². The Morgan fingerprint density at radius 1 is 0.905 bits per heavy atom. The topological polar surface area (TPSA) is 43.4 Å². The monoisotopic (exact) mass is 298 g/mol. The van der Waals surface area contributed by atoms with Crippen molar-refractivity contribution in [2.45, 2.75) is 73.6 Å². The summed E-state index contributed by atoms with van der Waals surface area (Å²) in [5.41, 5.74) is 0. The summed E-state index contributed by atoms with van der Waals surface area (Å²) in [6.45, 7) is 12.7. The van der Waals surface area contributed by atoms with Gasteiger partial charge in [-0.3, -0.25) is 9.59 Å². The molecule has 0 bridgehead atoms. The predicted molar refractivity (Wildman–Crippen MR) is 87.1 cm³/mol. The number of rotatable bonds is 11. The molecule has 0 saturated heterocycles. The maximum Gasteiger partial charge on any atom is 0.309 e. The molecule has 0 rings (SSSR count). The maximum absolute atomic E-state index is 12.6. The second kappa shape index (κ2) is 10.8. The lowest BCUT2D eigenvalue weighted by molar-refractivity contribution is -0.153. The maximum atomic E-state index is 12.6. The van der Waals surface area contributed by atoms with E-state index in [0.717, 1.165) is 25.7 Å². The molecule has 0 radical (unpaired) electrons. The van der Waals surface area contributed by atoms with Crippen LogP contribution >= 0.6 is 0 Å². The number of hydrogen-bond acceptors (Lipinski definition) is 3. The van der Waals surface area contributed by atoms with E-state index in [-0.39, 0.29) is 23.6 Å². The molecule has 0 aromatic heterocycles. The summed E-state index contributed by atoms with van der Waals surface area (Å²) in [5.74, 6) is 0.373. The van der Waals surface area contributed by atoms with Gasteiger partial charge in [0.25, 0.3) is 0 Å². The Morgan fingerprint density at radius 3 is 1.86 bits per heavy atom. The average Bonchev–Trinajstić information content (AvgIpc) is 2.39. The first-order valence-corrected chi connectivity index (χ1v) is 8.52. The van der Waals surface area contributed by atoms with Gasteiger partial charge >= 0.3 is 5.97 Å². The molecule has 2 atom stereocenters. The van der Waals surface area contributed by atoms with Crippen molar-refractivity contribution in [2.75, 3.05) is 6.61 Å². The van der Waals surface area contributed by atoms with Crippen LogP contribution in [0, 0.1) is 23.7 Å². The summed E-state index contributed by atoms with van der Waals surface area (Å²) >= 11 is 0. The van der Waals surface area contributed by atoms with Crippen molar-refractivity contribution in [3.05, 3.63) is 0 Å². The molecule has 0 N–H and O–H groups in total. The van der Waals surface area contributed by atoms with Crippen molar-refractivity contribution in [3.8, 4) is 0 Å². The van der Waals surface area contributed by atoms with Gasteiger partial charge in [-0.25, -0.2) is 0 Å². The third-order valence-electron chi connectivity index (χ3n) is 3.72. The van der Waals surface area contributed by atoms with Gasteiger partial charge in [-0.2, -0.15) is 0 Å². The highest BCUT2D eigenvalue weighted by Gasteiger charge is 2.34. The van der Waals surface area contributed by atoms with E-state index < -0.39 is 0 Å². The summed E-state index contributed by atoms with van der Waals surface area (Å²) < 4.78 is 5.23. The van der Waals surface area contributed by atoms with E-state index in [1.54, 1.807) is 0 Å². The molecule has 124 valence electrons. The lowest BCUT2D eigenvalue weighted by atomic mass is 9.77. The molecule has 2 unspecified atom stereocenters. The summed E-state index contributed by atoms with van der Waals surface area (Å²) in [7, 11) is 0. The van der Waals surface area contributed by atoms with Crippen LogP contribution in [-0.2, 0) is 14.3 Å². The van der Waals surface area contributed by atoms with E-state index in [1.165, 1.54) is 0 Å². The first kappa shape index (κ1) is 20.1. The Kier molecular flexibility index (Phi) is 10.4. The minimum Gasteiger partial charge on any atom is -0.466 e. The number of carbonyl (C=O) groups is 2. The van der Waals surface area contributed by atoms with Gasteiger partial charge in [0.1, 0.15) is 5.78 Å². The SMILES string of the molecule is CCCCC(=O)C(CC(C)C)C(CC(C)C)C(=O)OCC. The second-order valence-corrected chi connectivity index (χ2v) is 6.79. The summed E-state index contributed by atoms with van der Waals surface area (Å²) in [6, 6.07) is 0. The van der Waals surface area contributed by atoms with Crippen LogP contribution in [0.2, 0.25) is 0 Å². The molecule has 0 saturated carbocycles. The molecule has 0 aliphatic carbocycles. The highest BCUT2D eigenvalue weighted by atomic mass is 16.5. The number of carbonyl (C=O) groups excluding carboxylic acids is 2. The number of Topliss-reactive ketones (excluding diaryl/α,β-unsaturated/α-hetero) is 1. The van der Waals surface area contributed by atoms with E-state index in [9.17, 15) is 9.59 Å². The zero-order valence-corrected chi connectivity index (χ0v) is 14.8. The molecule has 3 heteroatoms. The van der Waals surface area contributed by atoms with Gasteiger partial charge < -0.3 is 4.74 Å². The van der Waals surface area contributed by atoms with Crippen molar-refractivity contribution in [1.82, 2.24) is 0 Å². The van der Waals surface area contributed by atoms with Crippen molar-refractivity contribution >= 4 is 11.8 Å². The smallest absolute Gasteiger partial charge is 0.309 e. The molecule has 0 aromatic rings. The molecule has 3 nitrogen and oxygen atoms in total. The largest absolute Gasteiger partial charge is 0.466 e. The van der Waals surface area contributed by atoms with Crippen molar-refractivity contribution in [1.29, 1.82) is 0 Å². The van der Waals surface area contributed by atoms with E-state index in [4.69, 9.17) is 4.74 Å². The number of hydrogen-bond donors (Lipinski definition) is 0. The van der Waals surface area contributed by atoms with Crippen molar-refractivity contribution < 1.29 is 14.3 Å². The quantitative estimate of drug-likeness (QED) is 0.522. The van der Waals surface area contributed by atoms with Crippen LogP contribution in [0.4, 0.5) is 0 Å². The van der Waals surface area contributed by atoms with Gasteiger partial charge in [-0.1, -0.05) is 41.0 Å². The van der Waals surface area contributed by atoms with Crippen LogP contribution < -0.4 is 0 Å². The Balaban J connectivity index is 5.14. The van der Waals surface area contributed by atoms with Gasteiger partial charge in [0.2, 0.25) is 0 Å². The molecule has 0 aliphatic rings. The van der Waals surface area contributed by atoms with Crippen LogP contribution in [0.3, 0.4) is 0 Å². The molecular weight excluding hydrogens is 264 g/mol. The predicted octanol–water partition coefficient (Wildman–Crippen LogP) is 4.63. The summed E-state index contributed by atoms with van der Waals surface area (Å²) in [4.78, 5) is 24.9. The number of unbranched alkanes of at least 4 members (excludes halogenated alkanes) is 1. The first-order valence-electron chi connectivity index (χ1n) is 8.52. The zero-order valence-electron chi connectivity index (χ0n) is 14.8. The number of ketones is 1. The number of esters is 1. The Morgan fingerprint density at radius 2 is 1.43 bits per heavy atom. The van der Waals surface area contributed by atoms with Gasteiger partial charge in [0, 0.05) is 12.3 Å². The third-order valence-corrected chi connectivity index (χ3v) is 3.72. The molecule has 21 heavy (non-hydrogen) atoms. The highest BCUT2D eigenvalue weighted by molar-refractivity contribution is 5.86. The molecule has 0 fully saturated rings. The number of ether oxygens (including phenoxy) is 1.